The first kappa shape index (κ1) is 14.3. The lowest BCUT2D eigenvalue weighted by molar-refractivity contribution is -0.134. The highest BCUT2D eigenvalue weighted by molar-refractivity contribution is 5.91. The number of hydrogen-bond acceptors (Lipinski definition) is 3. The van der Waals surface area contributed by atoms with Gasteiger partial charge in [0.15, 0.2) is 6.61 Å². The summed E-state index contributed by atoms with van der Waals surface area (Å²) in [5, 5.41) is 8.96. The Morgan fingerprint density at radius 3 is 2.60 bits per heavy atom. The fourth-order valence-electron chi connectivity index (χ4n) is 2.17. The third-order valence-corrected chi connectivity index (χ3v) is 3.23. The fraction of sp³-hybridized carbons (Fsp3) is 0.429. The highest BCUT2D eigenvalue weighted by Gasteiger charge is 2.18. The summed E-state index contributed by atoms with van der Waals surface area (Å²) >= 11 is 0. The van der Waals surface area contributed by atoms with Crippen LogP contribution in [0.5, 0.6) is 5.75 Å². The monoisotopic (exact) mass is 281 g/mol. The Balaban J connectivity index is 1.99. The predicted molar refractivity (Wildman–Crippen MR) is 69.3 cm³/mol. The van der Waals surface area contributed by atoms with Crippen molar-refractivity contribution in [1.82, 2.24) is 4.90 Å². The number of rotatable bonds is 4. The van der Waals surface area contributed by atoms with Crippen molar-refractivity contribution in [2.75, 3.05) is 19.7 Å². The molecule has 0 unspecified atom stereocenters. The topological polar surface area (TPSA) is 66.8 Å². The second-order valence-electron chi connectivity index (χ2n) is 4.68. The third kappa shape index (κ3) is 3.46. The van der Waals surface area contributed by atoms with E-state index in [1.807, 2.05) is 0 Å². The quantitative estimate of drug-likeness (QED) is 0.915. The highest BCUT2D eigenvalue weighted by atomic mass is 19.1. The lowest BCUT2D eigenvalue weighted by Crippen LogP contribution is -2.38. The van der Waals surface area contributed by atoms with Crippen molar-refractivity contribution < 1.29 is 23.8 Å². The summed E-state index contributed by atoms with van der Waals surface area (Å²) in [4.78, 5) is 24.6. The van der Waals surface area contributed by atoms with Crippen molar-refractivity contribution in [1.29, 1.82) is 0 Å². The Hall–Kier alpha value is -2.11. The molecule has 0 bridgehead atoms. The second-order valence-corrected chi connectivity index (χ2v) is 4.68. The number of carboxylic acids is 1. The van der Waals surface area contributed by atoms with Gasteiger partial charge in [0.2, 0.25) is 0 Å². The largest absolute Gasteiger partial charge is 0.483 e. The van der Waals surface area contributed by atoms with Gasteiger partial charge in [0.05, 0.1) is 0 Å². The molecule has 108 valence electrons. The summed E-state index contributed by atoms with van der Waals surface area (Å²) in [5.41, 5.74) is -0.281. The summed E-state index contributed by atoms with van der Waals surface area (Å²) in [6, 6.07) is 3.21. The predicted octanol–water partition coefficient (Wildman–Crippen LogP) is 1.92. The van der Waals surface area contributed by atoms with Gasteiger partial charge in [0, 0.05) is 13.1 Å². The number of amides is 1. The lowest BCUT2D eigenvalue weighted by atomic mass is 10.1. The molecule has 20 heavy (non-hydrogen) atoms. The first-order valence-corrected chi connectivity index (χ1v) is 6.51. The molecular formula is C14H16FNO4. The van der Waals surface area contributed by atoms with Crippen LogP contribution in [0.15, 0.2) is 18.2 Å². The normalized spacial score (nSPS) is 14.9. The average molecular weight is 281 g/mol. The molecule has 6 heteroatoms. The van der Waals surface area contributed by atoms with Crippen LogP contribution in [-0.4, -0.2) is 41.6 Å². The van der Waals surface area contributed by atoms with Crippen LogP contribution in [0, 0.1) is 5.82 Å². The zero-order valence-electron chi connectivity index (χ0n) is 11.0. The van der Waals surface area contributed by atoms with E-state index in [-0.39, 0.29) is 23.8 Å². The van der Waals surface area contributed by atoms with E-state index in [1.54, 1.807) is 4.90 Å². The van der Waals surface area contributed by atoms with Crippen LogP contribution in [0.25, 0.3) is 0 Å². The van der Waals surface area contributed by atoms with E-state index in [0.29, 0.717) is 13.1 Å². The molecule has 1 aromatic rings. The number of carbonyl (C=O) groups is 2. The number of piperidine rings is 1. The first-order valence-electron chi connectivity index (χ1n) is 6.51. The van der Waals surface area contributed by atoms with Gasteiger partial charge in [0.1, 0.15) is 17.1 Å². The number of aromatic carboxylic acids is 1. The molecule has 1 aliphatic heterocycles. The number of benzene rings is 1. The number of carbonyl (C=O) groups excluding carboxylic acids is 1. The van der Waals surface area contributed by atoms with Crippen molar-refractivity contribution in [3.63, 3.8) is 0 Å². The van der Waals surface area contributed by atoms with Crippen LogP contribution in [0.1, 0.15) is 29.6 Å². The SMILES string of the molecule is O=C(O)c1cc(F)ccc1OCC(=O)N1CCCCC1. The van der Waals surface area contributed by atoms with Gasteiger partial charge in [-0.3, -0.25) is 4.79 Å². The molecule has 1 fully saturated rings. The van der Waals surface area contributed by atoms with Gasteiger partial charge in [-0.2, -0.15) is 0 Å². The summed E-state index contributed by atoms with van der Waals surface area (Å²) in [6.07, 6.45) is 3.07. The average Bonchev–Trinajstić information content (AvgIpc) is 2.46. The van der Waals surface area contributed by atoms with Gasteiger partial charge >= 0.3 is 5.97 Å². The maximum Gasteiger partial charge on any atom is 0.339 e. The van der Waals surface area contributed by atoms with E-state index in [2.05, 4.69) is 0 Å². The highest BCUT2D eigenvalue weighted by Crippen LogP contribution is 2.20. The molecule has 1 N–H and O–H groups in total. The molecule has 0 saturated carbocycles. The van der Waals surface area contributed by atoms with E-state index >= 15 is 0 Å². The Bertz CT molecular complexity index is 512. The van der Waals surface area contributed by atoms with Gasteiger partial charge in [-0.15, -0.1) is 0 Å². The second kappa shape index (κ2) is 6.36. The standard InChI is InChI=1S/C14H16FNO4/c15-10-4-5-12(11(8-10)14(18)19)20-9-13(17)16-6-2-1-3-7-16/h4-5,8H,1-3,6-7,9H2,(H,18,19). The van der Waals surface area contributed by atoms with Crippen LogP contribution in [0.3, 0.4) is 0 Å². The van der Waals surface area contributed by atoms with Crippen LogP contribution >= 0.6 is 0 Å². The number of halogens is 1. The minimum Gasteiger partial charge on any atom is -0.483 e. The molecular weight excluding hydrogens is 265 g/mol. The summed E-state index contributed by atoms with van der Waals surface area (Å²) in [5.74, 6) is -2.11. The van der Waals surface area contributed by atoms with Crippen molar-refractivity contribution >= 4 is 11.9 Å². The van der Waals surface area contributed by atoms with E-state index in [1.165, 1.54) is 6.07 Å². The molecule has 0 aromatic heterocycles. The van der Waals surface area contributed by atoms with Gasteiger partial charge in [-0.05, 0) is 37.5 Å². The third-order valence-electron chi connectivity index (χ3n) is 3.23. The summed E-state index contributed by atoms with van der Waals surface area (Å²) < 4.78 is 18.2. The Morgan fingerprint density at radius 2 is 1.95 bits per heavy atom. The molecule has 0 radical (unpaired) electrons. The molecule has 5 nitrogen and oxygen atoms in total. The van der Waals surface area contributed by atoms with Gasteiger partial charge in [-0.25, -0.2) is 9.18 Å². The van der Waals surface area contributed by atoms with Crippen molar-refractivity contribution in [3.05, 3.63) is 29.6 Å². The number of nitrogens with zero attached hydrogens (tertiary/aromatic N) is 1. The lowest BCUT2D eigenvalue weighted by Gasteiger charge is -2.26. The van der Waals surface area contributed by atoms with E-state index in [0.717, 1.165) is 31.4 Å². The number of ether oxygens (including phenoxy) is 1. The molecule has 0 aliphatic carbocycles. The van der Waals surface area contributed by atoms with Crippen LogP contribution < -0.4 is 4.74 Å². The molecule has 1 saturated heterocycles. The maximum atomic E-state index is 13.0. The van der Waals surface area contributed by atoms with Crippen LogP contribution in [0.4, 0.5) is 4.39 Å². The number of carboxylic acid groups (broad SMARTS) is 1. The maximum absolute atomic E-state index is 13.0. The molecule has 1 aromatic carbocycles. The molecule has 2 rings (SSSR count). The molecule has 0 atom stereocenters. The van der Waals surface area contributed by atoms with Crippen molar-refractivity contribution in [2.45, 2.75) is 19.3 Å². The summed E-state index contributed by atoms with van der Waals surface area (Å²) in [7, 11) is 0. The van der Waals surface area contributed by atoms with Crippen LogP contribution in [-0.2, 0) is 4.79 Å². The fourth-order valence-corrected chi connectivity index (χ4v) is 2.17. The number of hydrogen-bond donors (Lipinski definition) is 1. The zero-order chi connectivity index (χ0) is 14.5. The number of likely N-dealkylation sites (tertiary alicyclic amines) is 1. The van der Waals surface area contributed by atoms with E-state index < -0.39 is 11.8 Å². The molecule has 1 aliphatic rings. The van der Waals surface area contributed by atoms with Gasteiger partial charge in [-0.1, -0.05) is 0 Å². The minimum absolute atomic E-state index is 0.00394. The molecule has 1 amide bonds. The van der Waals surface area contributed by atoms with E-state index in [9.17, 15) is 14.0 Å². The molecule has 0 spiro atoms. The zero-order valence-corrected chi connectivity index (χ0v) is 11.0. The minimum atomic E-state index is -1.29. The Kier molecular flexibility index (Phi) is 4.55. The summed E-state index contributed by atoms with van der Waals surface area (Å²) in [6.45, 7) is 1.18. The van der Waals surface area contributed by atoms with Crippen molar-refractivity contribution in [2.24, 2.45) is 0 Å². The van der Waals surface area contributed by atoms with Gasteiger partial charge in [0.25, 0.3) is 5.91 Å². The Labute approximate surface area is 116 Å². The van der Waals surface area contributed by atoms with Crippen LogP contribution in [0.2, 0.25) is 0 Å². The molecule has 1 heterocycles. The van der Waals surface area contributed by atoms with Gasteiger partial charge < -0.3 is 14.7 Å². The Morgan fingerprint density at radius 1 is 1.25 bits per heavy atom. The first-order chi connectivity index (χ1) is 9.58. The van der Waals surface area contributed by atoms with Crippen molar-refractivity contribution in [3.8, 4) is 5.75 Å². The van der Waals surface area contributed by atoms with E-state index in [4.69, 9.17) is 9.84 Å². The smallest absolute Gasteiger partial charge is 0.339 e.